The number of amides is 2. The quantitative estimate of drug-likeness (QED) is 0.237. The molecule has 3 aromatic rings. The lowest BCUT2D eigenvalue weighted by atomic mass is 10.0. The smallest absolute Gasteiger partial charge is 0.243 e. The zero-order valence-corrected chi connectivity index (χ0v) is 24.3. The first-order valence-electron chi connectivity index (χ1n) is 12.2. The first-order chi connectivity index (χ1) is 18.2. The topological polar surface area (TPSA) is 49.4 Å². The summed E-state index contributed by atoms with van der Waals surface area (Å²) >= 11 is 19.8. The van der Waals surface area contributed by atoms with Crippen molar-refractivity contribution in [1.29, 1.82) is 0 Å². The van der Waals surface area contributed by atoms with Crippen LogP contribution in [0.1, 0.15) is 30.5 Å². The van der Waals surface area contributed by atoms with Gasteiger partial charge in [-0.15, -0.1) is 11.8 Å². The molecular weight excluding hydrogens is 566 g/mol. The highest BCUT2D eigenvalue weighted by Crippen LogP contribution is 2.26. The summed E-state index contributed by atoms with van der Waals surface area (Å²) < 4.78 is 14.2. The zero-order valence-electron chi connectivity index (χ0n) is 21.2. The van der Waals surface area contributed by atoms with E-state index in [-0.39, 0.29) is 35.8 Å². The van der Waals surface area contributed by atoms with Crippen LogP contribution in [-0.4, -0.2) is 35.1 Å². The van der Waals surface area contributed by atoms with Crippen molar-refractivity contribution in [2.45, 2.75) is 38.6 Å². The molecule has 38 heavy (non-hydrogen) atoms. The lowest BCUT2D eigenvalue weighted by molar-refractivity contribution is -0.139. The Morgan fingerprint density at radius 2 is 1.66 bits per heavy atom. The number of halogens is 4. The molecule has 0 aromatic heterocycles. The predicted molar refractivity (Wildman–Crippen MR) is 156 cm³/mol. The molecule has 1 N–H and O–H groups in total. The maximum atomic E-state index is 14.2. The molecule has 0 fully saturated rings. The van der Waals surface area contributed by atoms with Crippen molar-refractivity contribution >= 4 is 58.4 Å². The summed E-state index contributed by atoms with van der Waals surface area (Å²) in [4.78, 5) is 28.7. The van der Waals surface area contributed by atoms with E-state index in [0.29, 0.717) is 33.6 Å². The van der Waals surface area contributed by atoms with Crippen LogP contribution in [-0.2, 0) is 28.3 Å². The summed E-state index contributed by atoms with van der Waals surface area (Å²) in [6.45, 7) is 4.66. The summed E-state index contributed by atoms with van der Waals surface area (Å²) in [5.74, 6) is -0.404. The summed E-state index contributed by atoms with van der Waals surface area (Å²) in [7, 11) is 0. The Labute approximate surface area is 242 Å². The van der Waals surface area contributed by atoms with Gasteiger partial charge in [0.15, 0.2) is 0 Å². The molecular formula is C29H30Cl3FN2O2S. The van der Waals surface area contributed by atoms with Crippen molar-refractivity contribution in [3.63, 3.8) is 0 Å². The molecule has 0 bridgehead atoms. The predicted octanol–water partition coefficient (Wildman–Crippen LogP) is 7.43. The minimum atomic E-state index is -0.768. The van der Waals surface area contributed by atoms with Gasteiger partial charge in [-0.3, -0.25) is 9.59 Å². The number of carbonyl (C=O) groups is 2. The first-order valence-corrected chi connectivity index (χ1v) is 14.5. The Balaban J connectivity index is 1.88. The molecule has 0 aliphatic rings. The normalized spacial score (nSPS) is 11.9. The molecule has 202 valence electrons. The second-order valence-electron chi connectivity index (χ2n) is 9.31. The number of hydrogen-bond acceptors (Lipinski definition) is 3. The molecule has 1 atom stereocenters. The van der Waals surface area contributed by atoms with Gasteiger partial charge < -0.3 is 10.2 Å². The van der Waals surface area contributed by atoms with Gasteiger partial charge in [0.25, 0.3) is 0 Å². The lowest BCUT2D eigenvalue weighted by Crippen LogP contribution is -2.51. The van der Waals surface area contributed by atoms with Crippen LogP contribution in [0.3, 0.4) is 0 Å². The van der Waals surface area contributed by atoms with Crippen LogP contribution in [0.15, 0.2) is 66.7 Å². The molecule has 0 spiro atoms. The fourth-order valence-corrected chi connectivity index (χ4v) is 5.37. The maximum Gasteiger partial charge on any atom is 0.243 e. The number of benzene rings is 3. The molecule has 2 amide bonds. The number of nitrogens with zero attached hydrogens (tertiary/aromatic N) is 1. The highest BCUT2D eigenvalue weighted by atomic mass is 35.5. The largest absolute Gasteiger partial charge is 0.354 e. The molecule has 0 aliphatic carbocycles. The van der Waals surface area contributed by atoms with E-state index in [1.807, 2.05) is 44.2 Å². The van der Waals surface area contributed by atoms with Gasteiger partial charge in [0.1, 0.15) is 11.9 Å². The van der Waals surface area contributed by atoms with Gasteiger partial charge in [-0.25, -0.2) is 4.39 Å². The number of thioether (sulfide) groups is 1. The number of carbonyl (C=O) groups excluding carboxylic acids is 2. The molecule has 0 heterocycles. The fourth-order valence-electron chi connectivity index (χ4n) is 3.80. The molecule has 1 unspecified atom stereocenters. The maximum absolute atomic E-state index is 14.2. The summed E-state index contributed by atoms with van der Waals surface area (Å²) in [6, 6.07) is 18.4. The fraction of sp³-hybridized carbons (Fsp3) is 0.310. The van der Waals surface area contributed by atoms with E-state index >= 15 is 0 Å². The van der Waals surface area contributed by atoms with E-state index in [1.54, 1.807) is 35.2 Å². The van der Waals surface area contributed by atoms with Crippen LogP contribution in [0.2, 0.25) is 15.1 Å². The van der Waals surface area contributed by atoms with Gasteiger partial charge in [0.2, 0.25) is 11.8 Å². The van der Waals surface area contributed by atoms with E-state index < -0.39 is 11.9 Å². The summed E-state index contributed by atoms with van der Waals surface area (Å²) in [5, 5.41) is 4.07. The summed E-state index contributed by atoms with van der Waals surface area (Å²) in [6.07, 6.45) is 0.335. The van der Waals surface area contributed by atoms with Crippen LogP contribution in [0.4, 0.5) is 4.39 Å². The molecule has 0 saturated heterocycles. The second kappa shape index (κ2) is 14.8. The Morgan fingerprint density at radius 1 is 0.921 bits per heavy atom. The van der Waals surface area contributed by atoms with Crippen molar-refractivity contribution in [3.8, 4) is 0 Å². The number of rotatable bonds is 12. The highest BCUT2D eigenvalue weighted by molar-refractivity contribution is 7.99. The van der Waals surface area contributed by atoms with Gasteiger partial charge in [-0.05, 0) is 41.3 Å². The van der Waals surface area contributed by atoms with Crippen molar-refractivity contribution in [2.24, 2.45) is 5.92 Å². The number of hydrogen-bond donors (Lipinski definition) is 1. The van der Waals surface area contributed by atoms with Crippen LogP contribution >= 0.6 is 46.6 Å². The third-order valence-electron chi connectivity index (χ3n) is 5.83. The molecule has 3 rings (SSSR count). The summed E-state index contributed by atoms with van der Waals surface area (Å²) in [5.41, 5.74) is 2.01. The van der Waals surface area contributed by atoms with Gasteiger partial charge in [0, 0.05) is 35.8 Å². The van der Waals surface area contributed by atoms with Crippen LogP contribution < -0.4 is 5.32 Å². The highest BCUT2D eigenvalue weighted by Gasteiger charge is 2.30. The van der Waals surface area contributed by atoms with Crippen LogP contribution in [0, 0.1) is 11.7 Å². The molecule has 0 radical (unpaired) electrons. The first kappa shape index (κ1) is 30.3. The van der Waals surface area contributed by atoms with Crippen LogP contribution in [0.5, 0.6) is 0 Å². The molecule has 0 saturated carbocycles. The van der Waals surface area contributed by atoms with Crippen molar-refractivity contribution in [1.82, 2.24) is 10.2 Å². The monoisotopic (exact) mass is 594 g/mol. The van der Waals surface area contributed by atoms with Gasteiger partial charge in [-0.2, -0.15) is 0 Å². The van der Waals surface area contributed by atoms with Gasteiger partial charge in [0.05, 0.1) is 15.8 Å². The average Bonchev–Trinajstić information content (AvgIpc) is 2.89. The Kier molecular flexibility index (Phi) is 11.8. The molecule has 0 aliphatic heterocycles. The van der Waals surface area contributed by atoms with Gasteiger partial charge in [-0.1, -0.05) is 91.1 Å². The zero-order chi connectivity index (χ0) is 27.7. The number of nitrogens with one attached hydrogen (secondary N) is 1. The third-order valence-corrected chi connectivity index (χ3v) is 7.86. The minimum absolute atomic E-state index is 0.0364. The van der Waals surface area contributed by atoms with E-state index in [0.717, 1.165) is 11.1 Å². The Hall–Kier alpha value is -2.25. The molecule has 3 aromatic carbocycles. The lowest BCUT2D eigenvalue weighted by Gasteiger charge is -2.32. The Bertz CT molecular complexity index is 1220. The van der Waals surface area contributed by atoms with Crippen molar-refractivity contribution in [2.75, 3.05) is 12.3 Å². The van der Waals surface area contributed by atoms with E-state index in [2.05, 4.69) is 5.32 Å². The third kappa shape index (κ3) is 8.91. The Morgan fingerprint density at radius 3 is 2.32 bits per heavy atom. The molecule has 9 heteroatoms. The minimum Gasteiger partial charge on any atom is -0.354 e. The van der Waals surface area contributed by atoms with Crippen LogP contribution in [0.25, 0.3) is 0 Å². The SMILES string of the molecule is CC(C)CNC(=O)C(Cc1ccccc1)N(Cc1ccc(Cl)c(Cl)c1)C(=O)CSCc1c(F)cccc1Cl. The van der Waals surface area contributed by atoms with E-state index in [9.17, 15) is 14.0 Å². The van der Waals surface area contributed by atoms with Crippen molar-refractivity contribution in [3.05, 3.63) is 104 Å². The van der Waals surface area contributed by atoms with E-state index in [1.165, 1.54) is 17.8 Å². The van der Waals surface area contributed by atoms with E-state index in [4.69, 9.17) is 34.8 Å². The standard InChI is InChI=1S/C29H30Cl3FN2O2S/c1-19(2)15-34-29(37)27(14-20-7-4-3-5-8-20)35(16-21-11-12-24(31)25(32)13-21)28(36)18-38-17-22-23(30)9-6-10-26(22)33/h3-13,19,27H,14-18H2,1-2H3,(H,34,37). The second-order valence-corrected chi connectivity index (χ2v) is 11.5. The van der Waals surface area contributed by atoms with Crippen molar-refractivity contribution < 1.29 is 14.0 Å². The molecule has 4 nitrogen and oxygen atoms in total. The van der Waals surface area contributed by atoms with Gasteiger partial charge >= 0.3 is 0 Å². The average molecular weight is 596 g/mol.